The van der Waals surface area contributed by atoms with Crippen molar-refractivity contribution in [2.45, 2.75) is 0 Å². The maximum atomic E-state index is 11.0. The number of sulfonamides is 2. The Hall–Kier alpha value is -0.700. The van der Waals surface area contributed by atoms with Crippen molar-refractivity contribution in [1.29, 1.82) is 0 Å². The Balaban J connectivity index is 4.58. The Morgan fingerprint density at radius 1 is 0.889 bits per heavy atom. The molecule has 0 aliphatic heterocycles. The predicted octanol–water partition coefficient (Wildman–Crippen LogP) is -0.311. The molecule has 106 valence electrons. The van der Waals surface area contributed by atoms with Crippen molar-refractivity contribution in [2.75, 3.05) is 25.6 Å². The van der Waals surface area contributed by atoms with Gasteiger partial charge in [-0.1, -0.05) is 12.2 Å². The van der Waals surface area contributed by atoms with Gasteiger partial charge in [-0.05, 0) is 11.8 Å². The van der Waals surface area contributed by atoms with Crippen molar-refractivity contribution in [3.05, 3.63) is 25.3 Å². The Morgan fingerprint density at radius 3 is 1.33 bits per heavy atom. The van der Waals surface area contributed by atoms with E-state index in [1.165, 1.54) is 0 Å². The molecule has 0 aromatic rings. The minimum atomic E-state index is -3.29. The van der Waals surface area contributed by atoms with Crippen LogP contribution in [0, 0.1) is 11.8 Å². The van der Waals surface area contributed by atoms with E-state index in [0.717, 1.165) is 12.5 Å². The van der Waals surface area contributed by atoms with Gasteiger partial charge in [0.25, 0.3) is 0 Å². The molecule has 0 aliphatic rings. The summed E-state index contributed by atoms with van der Waals surface area (Å²) < 4.78 is 48.7. The highest BCUT2D eigenvalue weighted by Crippen LogP contribution is 2.13. The van der Waals surface area contributed by atoms with Gasteiger partial charge in [0.15, 0.2) is 0 Å². The maximum absolute atomic E-state index is 11.0. The molecule has 0 saturated heterocycles. The molecule has 2 N–H and O–H groups in total. The second-order valence-corrected chi connectivity index (χ2v) is 7.71. The zero-order chi connectivity index (χ0) is 14.4. The van der Waals surface area contributed by atoms with Crippen LogP contribution in [0.3, 0.4) is 0 Å². The lowest BCUT2D eigenvalue weighted by Crippen LogP contribution is -2.36. The zero-order valence-electron chi connectivity index (χ0n) is 10.6. The van der Waals surface area contributed by atoms with Crippen LogP contribution < -0.4 is 9.44 Å². The van der Waals surface area contributed by atoms with E-state index >= 15 is 0 Å². The molecule has 0 bridgehead atoms. The molecule has 8 heteroatoms. The molecule has 0 aliphatic carbocycles. The van der Waals surface area contributed by atoms with Gasteiger partial charge in [-0.3, -0.25) is 0 Å². The van der Waals surface area contributed by atoms with Crippen LogP contribution in [0.2, 0.25) is 0 Å². The van der Waals surface area contributed by atoms with Crippen molar-refractivity contribution in [1.82, 2.24) is 9.44 Å². The molecule has 6 nitrogen and oxygen atoms in total. The summed E-state index contributed by atoms with van der Waals surface area (Å²) >= 11 is 0. The van der Waals surface area contributed by atoms with Crippen LogP contribution in [0.15, 0.2) is 25.3 Å². The molecule has 0 amide bonds. The van der Waals surface area contributed by atoms with Crippen molar-refractivity contribution >= 4 is 20.0 Å². The van der Waals surface area contributed by atoms with Gasteiger partial charge in [-0.2, -0.15) is 0 Å². The standard InChI is InChI=1S/C10H20N2O4S2/c1-5-9(7-11-17(3,13)14)10(6-2)8-12-18(4,15)16/h5-6,9-12H,1-2,7-8H2,3-4H3/t9-,10-/m0/s1. The Labute approximate surface area is 109 Å². The summed E-state index contributed by atoms with van der Waals surface area (Å²) in [5.74, 6) is -0.460. The normalized spacial score (nSPS) is 15.9. The summed E-state index contributed by atoms with van der Waals surface area (Å²) in [7, 11) is -6.57. The summed E-state index contributed by atoms with van der Waals surface area (Å²) in [6.45, 7) is 7.54. The Bertz CT molecular complexity index is 436. The summed E-state index contributed by atoms with van der Waals surface area (Å²) in [5, 5.41) is 0. The largest absolute Gasteiger partial charge is 0.215 e. The molecular weight excluding hydrogens is 276 g/mol. The Morgan fingerprint density at radius 2 is 1.17 bits per heavy atom. The van der Waals surface area contributed by atoms with Gasteiger partial charge in [0.05, 0.1) is 12.5 Å². The molecule has 0 unspecified atom stereocenters. The monoisotopic (exact) mass is 296 g/mol. The third-order valence-corrected chi connectivity index (χ3v) is 3.70. The van der Waals surface area contributed by atoms with Crippen molar-refractivity contribution in [3.63, 3.8) is 0 Å². The van der Waals surface area contributed by atoms with Gasteiger partial charge in [-0.15, -0.1) is 13.2 Å². The van der Waals surface area contributed by atoms with Crippen LogP contribution in [-0.4, -0.2) is 42.4 Å². The molecule has 0 aromatic carbocycles. The van der Waals surface area contributed by atoms with E-state index < -0.39 is 20.0 Å². The number of rotatable bonds is 9. The van der Waals surface area contributed by atoms with Crippen molar-refractivity contribution < 1.29 is 16.8 Å². The first-order valence-corrected chi connectivity index (χ1v) is 9.01. The number of hydrogen-bond donors (Lipinski definition) is 2. The molecule has 0 fully saturated rings. The second kappa shape index (κ2) is 7.03. The lowest BCUT2D eigenvalue weighted by atomic mass is 9.93. The molecule has 0 aromatic heterocycles. The first kappa shape index (κ1) is 17.3. The first-order chi connectivity index (χ1) is 8.09. The average molecular weight is 296 g/mol. The van der Waals surface area contributed by atoms with Gasteiger partial charge < -0.3 is 0 Å². The quantitative estimate of drug-likeness (QED) is 0.571. The van der Waals surface area contributed by atoms with Crippen LogP contribution in [0.1, 0.15) is 0 Å². The molecule has 0 rings (SSSR count). The smallest absolute Gasteiger partial charge is 0.208 e. The molecular formula is C10H20N2O4S2. The highest BCUT2D eigenvalue weighted by molar-refractivity contribution is 7.89. The maximum Gasteiger partial charge on any atom is 0.208 e. The minimum Gasteiger partial charge on any atom is -0.215 e. The molecule has 18 heavy (non-hydrogen) atoms. The SMILES string of the molecule is C=C[C@@H](CNS(C)(=O)=O)[C@@H](C=C)CNS(C)(=O)=O. The van der Waals surface area contributed by atoms with E-state index in [1.807, 2.05) is 0 Å². The van der Waals surface area contributed by atoms with Gasteiger partial charge in [-0.25, -0.2) is 26.3 Å². The fourth-order valence-corrected chi connectivity index (χ4v) is 2.30. The first-order valence-electron chi connectivity index (χ1n) is 5.23. The average Bonchev–Trinajstić information content (AvgIpc) is 2.20. The number of hydrogen-bond acceptors (Lipinski definition) is 4. The highest BCUT2D eigenvalue weighted by Gasteiger charge is 2.18. The van der Waals surface area contributed by atoms with Crippen LogP contribution >= 0.6 is 0 Å². The summed E-state index contributed by atoms with van der Waals surface area (Å²) in [5.41, 5.74) is 0. The topological polar surface area (TPSA) is 92.3 Å². The third kappa shape index (κ3) is 8.40. The van der Waals surface area contributed by atoms with Gasteiger partial charge >= 0.3 is 0 Å². The lowest BCUT2D eigenvalue weighted by molar-refractivity contribution is 0.459. The van der Waals surface area contributed by atoms with E-state index in [9.17, 15) is 16.8 Å². The minimum absolute atomic E-state index is 0.157. The molecule has 0 spiro atoms. The number of nitrogens with one attached hydrogen (secondary N) is 2. The van der Waals surface area contributed by atoms with Gasteiger partial charge in [0, 0.05) is 13.1 Å². The fourth-order valence-electron chi connectivity index (χ4n) is 1.31. The summed E-state index contributed by atoms with van der Waals surface area (Å²) in [4.78, 5) is 0. The lowest BCUT2D eigenvalue weighted by Gasteiger charge is -2.21. The molecule has 2 atom stereocenters. The van der Waals surface area contributed by atoms with E-state index in [4.69, 9.17) is 0 Å². The molecule has 0 heterocycles. The van der Waals surface area contributed by atoms with Crippen LogP contribution in [0.25, 0.3) is 0 Å². The van der Waals surface area contributed by atoms with E-state index in [2.05, 4.69) is 22.6 Å². The molecule has 0 radical (unpaired) electrons. The second-order valence-electron chi connectivity index (χ2n) is 4.04. The highest BCUT2D eigenvalue weighted by atomic mass is 32.2. The van der Waals surface area contributed by atoms with E-state index in [-0.39, 0.29) is 24.9 Å². The van der Waals surface area contributed by atoms with Crippen molar-refractivity contribution in [3.8, 4) is 0 Å². The van der Waals surface area contributed by atoms with E-state index in [1.54, 1.807) is 12.2 Å². The van der Waals surface area contributed by atoms with Crippen LogP contribution in [0.5, 0.6) is 0 Å². The van der Waals surface area contributed by atoms with Crippen LogP contribution in [0.4, 0.5) is 0 Å². The molecule has 0 saturated carbocycles. The fraction of sp³-hybridized carbons (Fsp3) is 0.600. The third-order valence-electron chi connectivity index (χ3n) is 2.32. The zero-order valence-corrected chi connectivity index (χ0v) is 12.2. The summed E-state index contributed by atoms with van der Waals surface area (Å²) in [6, 6.07) is 0. The van der Waals surface area contributed by atoms with Crippen LogP contribution in [-0.2, 0) is 20.0 Å². The predicted molar refractivity (Wildman–Crippen MR) is 73.1 cm³/mol. The van der Waals surface area contributed by atoms with Crippen molar-refractivity contribution in [2.24, 2.45) is 11.8 Å². The summed E-state index contributed by atoms with van der Waals surface area (Å²) in [6.07, 6.45) is 5.28. The van der Waals surface area contributed by atoms with Gasteiger partial charge in [0.1, 0.15) is 0 Å². The van der Waals surface area contributed by atoms with Gasteiger partial charge in [0.2, 0.25) is 20.0 Å². The van der Waals surface area contributed by atoms with E-state index in [0.29, 0.717) is 0 Å². The Kier molecular flexibility index (Phi) is 6.76.